The number of ether oxygens (including phenoxy) is 1. The van der Waals surface area contributed by atoms with Crippen LogP contribution in [0.1, 0.15) is 26.3 Å². The van der Waals surface area contributed by atoms with E-state index in [1.54, 1.807) is 0 Å². The van der Waals surface area contributed by atoms with Gasteiger partial charge in [0.05, 0.1) is 19.8 Å². The minimum atomic E-state index is 0.409. The molecule has 0 bridgehead atoms. The Morgan fingerprint density at radius 3 is 2.46 bits per heavy atom. The number of nitrogens with zero attached hydrogens (tertiary/aromatic N) is 3. The van der Waals surface area contributed by atoms with Crippen molar-refractivity contribution in [1.29, 1.82) is 0 Å². The molecule has 158 valence electrons. The highest BCUT2D eigenvalue weighted by atomic mass is 16.5. The van der Waals surface area contributed by atoms with Crippen LogP contribution < -0.4 is 10.6 Å². The van der Waals surface area contributed by atoms with Gasteiger partial charge in [-0.25, -0.2) is 0 Å². The van der Waals surface area contributed by atoms with Crippen molar-refractivity contribution >= 4 is 5.96 Å². The molecule has 1 saturated heterocycles. The van der Waals surface area contributed by atoms with E-state index in [0.29, 0.717) is 6.04 Å². The molecule has 0 aliphatic carbocycles. The van der Waals surface area contributed by atoms with Crippen molar-refractivity contribution in [1.82, 2.24) is 20.4 Å². The predicted molar refractivity (Wildman–Crippen MR) is 118 cm³/mol. The van der Waals surface area contributed by atoms with E-state index in [1.807, 2.05) is 0 Å². The lowest BCUT2D eigenvalue weighted by Gasteiger charge is -2.29. The quantitative estimate of drug-likeness (QED) is 0.447. The molecular weight excluding hydrogens is 350 g/mol. The summed E-state index contributed by atoms with van der Waals surface area (Å²) in [5.74, 6) is 0.918. The van der Waals surface area contributed by atoms with Crippen molar-refractivity contribution in [2.75, 3.05) is 65.6 Å². The average Bonchev–Trinajstić information content (AvgIpc) is 2.74. The molecule has 1 aromatic carbocycles. The molecular formula is C22H39N5O. The van der Waals surface area contributed by atoms with E-state index in [0.717, 1.165) is 78.0 Å². The zero-order valence-electron chi connectivity index (χ0n) is 18.0. The Morgan fingerprint density at radius 2 is 1.82 bits per heavy atom. The van der Waals surface area contributed by atoms with Crippen molar-refractivity contribution in [3.63, 3.8) is 0 Å². The fraction of sp³-hybridized carbons (Fsp3) is 0.682. The summed E-state index contributed by atoms with van der Waals surface area (Å²) in [6.45, 7) is 16.0. The van der Waals surface area contributed by atoms with E-state index >= 15 is 0 Å². The van der Waals surface area contributed by atoms with E-state index in [1.165, 1.54) is 5.56 Å². The first-order valence-corrected chi connectivity index (χ1v) is 10.9. The highest BCUT2D eigenvalue weighted by Gasteiger charge is 2.16. The Kier molecular flexibility index (Phi) is 10.9. The summed E-state index contributed by atoms with van der Waals surface area (Å²) in [5.41, 5.74) is 1.37. The number of likely N-dealkylation sites (N-methyl/N-ethyl adjacent to an activating group) is 1. The Balaban J connectivity index is 1.92. The lowest BCUT2D eigenvalue weighted by atomic mass is 10.0. The van der Waals surface area contributed by atoms with Crippen molar-refractivity contribution in [3.05, 3.63) is 35.9 Å². The summed E-state index contributed by atoms with van der Waals surface area (Å²) in [6.07, 6.45) is 1.03. The minimum absolute atomic E-state index is 0.409. The molecule has 1 aliphatic heterocycles. The molecule has 28 heavy (non-hydrogen) atoms. The first-order chi connectivity index (χ1) is 13.8. The Bertz CT molecular complexity index is 541. The zero-order chi connectivity index (χ0) is 20.0. The molecule has 2 N–H and O–H groups in total. The van der Waals surface area contributed by atoms with Crippen LogP contribution in [-0.4, -0.2) is 87.4 Å². The van der Waals surface area contributed by atoms with Crippen molar-refractivity contribution in [2.45, 2.75) is 33.2 Å². The number of aliphatic imine (C=N–C) groups is 1. The molecule has 2 rings (SSSR count). The monoisotopic (exact) mass is 389 g/mol. The van der Waals surface area contributed by atoms with Crippen LogP contribution in [0, 0.1) is 0 Å². The second-order valence-electron chi connectivity index (χ2n) is 7.17. The summed E-state index contributed by atoms with van der Waals surface area (Å²) in [5, 5.41) is 6.89. The van der Waals surface area contributed by atoms with E-state index < -0.39 is 0 Å². The second-order valence-corrected chi connectivity index (χ2v) is 7.17. The fourth-order valence-corrected chi connectivity index (χ4v) is 3.63. The Hall–Kier alpha value is -1.63. The minimum Gasteiger partial charge on any atom is -0.379 e. The van der Waals surface area contributed by atoms with Crippen molar-refractivity contribution in [3.8, 4) is 0 Å². The van der Waals surface area contributed by atoms with Gasteiger partial charge in [0.25, 0.3) is 0 Å². The van der Waals surface area contributed by atoms with Crippen molar-refractivity contribution in [2.24, 2.45) is 4.99 Å². The van der Waals surface area contributed by atoms with Gasteiger partial charge in [0.2, 0.25) is 0 Å². The normalized spacial score (nSPS) is 16.9. The third-order valence-electron chi connectivity index (χ3n) is 5.27. The predicted octanol–water partition coefficient (Wildman–Crippen LogP) is 1.83. The van der Waals surface area contributed by atoms with Gasteiger partial charge in [-0.15, -0.1) is 0 Å². The van der Waals surface area contributed by atoms with E-state index in [9.17, 15) is 0 Å². The number of hydrogen-bond donors (Lipinski definition) is 2. The zero-order valence-corrected chi connectivity index (χ0v) is 18.0. The van der Waals surface area contributed by atoms with Gasteiger partial charge >= 0.3 is 0 Å². The smallest absolute Gasteiger partial charge is 0.191 e. The Morgan fingerprint density at radius 1 is 1.11 bits per heavy atom. The van der Waals surface area contributed by atoms with Crippen LogP contribution >= 0.6 is 0 Å². The molecule has 0 spiro atoms. The lowest BCUT2D eigenvalue weighted by Crippen LogP contribution is -2.45. The molecule has 1 heterocycles. The topological polar surface area (TPSA) is 52.1 Å². The lowest BCUT2D eigenvalue weighted by molar-refractivity contribution is 0.0389. The standard InChI is InChI=1S/C22H39N5O/c1-4-23-22(24-12-13-26-14-16-28-17-15-26)25-19-21(27(5-2)6-3)18-20-10-8-7-9-11-20/h7-11,21H,4-6,12-19H2,1-3H3,(H2,23,24,25). The summed E-state index contributed by atoms with van der Waals surface area (Å²) < 4.78 is 5.42. The number of guanidine groups is 1. The molecule has 1 aliphatic rings. The van der Waals surface area contributed by atoms with Gasteiger partial charge in [0.1, 0.15) is 0 Å². The summed E-state index contributed by atoms with van der Waals surface area (Å²) in [4.78, 5) is 9.87. The number of rotatable bonds is 11. The van der Waals surface area contributed by atoms with Gasteiger partial charge in [-0.1, -0.05) is 44.2 Å². The number of hydrogen-bond acceptors (Lipinski definition) is 4. The van der Waals surface area contributed by atoms with E-state index in [2.05, 4.69) is 71.5 Å². The molecule has 0 aromatic heterocycles. The van der Waals surface area contributed by atoms with Crippen LogP contribution in [0.5, 0.6) is 0 Å². The van der Waals surface area contributed by atoms with Crippen LogP contribution in [0.4, 0.5) is 0 Å². The average molecular weight is 390 g/mol. The summed E-state index contributed by atoms with van der Waals surface area (Å²) in [7, 11) is 0. The molecule has 0 amide bonds. The number of morpholine rings is 1. The maximum Gasteiger partial charge on any atom is 0.191 e. The molecule has 6 nitrogen and oxygen atoms in total. The molecule has 0 saturated carbocycles. The van der Waals surface area contributed by atoms with E-state index in [4.69, 9.17) is 9.73 Å². The van der Waals surface area contributed by atoms with Crippen LogP contribution in [-0.2, 0) is 11.2 Å². The summed E-state index contributed by atoms with van der Waals surface area (Å²) >= 11 is 0. The largest absolute Gasteiger partial charge is 0.379 e. The SMILES string of the molecule is CCNC(=NCC(Cc1ccccc1)N(CC)CC)NCCN1CCOCC1. The first kappa shape index (κ1) is 22.7. The number of nitrogens with one attached hydrogen (secondary N) is 2. The first-order valence-electron chi connectivity index (χ1n) is 10.9. The maximum atomic E-state index is 5.42. The molecule has 6 heteroatoms. The third kappa shape index (κ3) is 8.17. The highest BCUT2D eigenvalue weighted by molar-refractivity contribution is 5.79. The fourth-order valence-electron chi connectivity index (χ4n) is 3.63. The maximum absolute atomic E-state index is 5.42. The van der Waals surface area contributed by atoms with Crippen LogP contribution in [0.25, 0.3) is 0 Å². The van der Waals surface area contributed by atoms with Crippen molar-refractivity contribution < 1.29 is 4.74 Å². The van der Waals surface area contributed by atoms with Gasteiger partial charge < -0.3 is 15.4 Å². The van der Waals surface area contributed by atoms with Gasteiger partial charge in [0, 0.05) is 38.8 Å². The van der Waals surface area contributed by atoms with Crippen LogP contribution in [0.15, 0.2) is 35.3 Å². The summed E-state index contributed by atoms with van der Waals surface area (Å²) in [6, 6.07) is 11.2. The van der Waals surface area contributed by atoms with Gasteiger partial charge in [-0.05, 0) is 32.0 Å². The van der Waals surface area contributed by atoms with Gasteiger partial charge in [-0.3, -0.25) is 14.8 Å². The Labute approximate surface area is 171 Å². The van der Waals surface area contributed by atoms with Gasteiger partial charge in [0.15, 0.2) is 5.96 Å². The number of benzene rings is 1. The van der Waals surface area contributed by atoms with Gasteiger partial charge in [-0.2, -0.15) is 0 Å². The molecule has 1 atom stereocenters. The molecule has 1 fully saturated rings. The van der Waals surface area contributed by atoms with Crippen LogP contribution in [0.3, 0.4) is 0 Å². The molecule has 0 radical (unpaired) electrons. The molecule has 1 aromatic rings. The molecule has 1 unspecified atom stereocenters. The highest BCUT2D eigenvalue weighted by Crippen LogP contribution is 2.10. The third-order valence-corrected chi connectivity index (χ3v) is 5.27. The van der Waals surface area contributed by atoms with Crippen LogP contribution in [0.2, 0.25) is 0 Å². The second kappa shape index (κ2) is 13.5. The van der Waals surface area contributed by atoms with E-state index in [-0.39, 0.29) is 0 Å².